The number of aryl methyl sites for hydroxylation is 2. The van der Waals surface area contributed by atoms with Crippen LogP contribution in [0.1, 0.15) is 17.5 Å². The summed E-state index contributed by atoms with van der Waals surface area (Å²) in [5, 5.41) is 6.04. The SMILES string of the molecule is Cc1cccc(NC(=O)CNc2cccc(OCCCc3ccccc3)c2)c1. The van der Waals surface area contributed by atoms with Gasteiger partial charge in [0.15, 0.2) is 0 Å². The standard InChI is InChI=1S/C24H26N2O2/c1-19-8-5-13-22(16-19)26-24(27)18-25-21-12-6-14-23(17-21)28-15-7-11-20-9-3-2-4-10-20/h2-6,8-10,12-14,16-17,25H,7,11,15,18H2,1H3,(H,26,27). The third kappa shape index (κ3) is 6.47. The van der Waals surface area contributed by atoms with Crippen LogP contribution in [0, 0.1) is 6.92 Å². The van der Waals surface area contributed by atoms with Crippen molar-refractivity contribution in [3.05, 3.63) is 90.0 Å². The van der Waals surface area contributed by atoms with Gasteiger partial charge in [-0.05, 0) is 55.2 Å². The molecule has 3 aromatic rings. The molecular weight excluding hydrogens is 348 g/mol. The predicted octanol–water partition coefficient (Wildman–Crippen LogP) is 5.06. The molecule has 0 aliphatic heterocycles. The molecule has 3 aromatic carbocycles. The monoisotopic (exact) mass is 374 g/mol. The first-order chi connectivity index (χ1) is 13.7. The highest BCUT2D eigenvalue weighted by molar-refractivity contribution is 5.93. The zero-order valence-corrected chi connectivity index (χ0v) is 16.2. The van der Waals surface area contributed by atoms with E-state index in [4.69, 9.17) is 4.74 Å². The number of carbonyl (C=O) groups is 1. The van der Waals surface area contributed by atoms with E-state index in [1.54, 1.807) is 0 Å². The van der Waals surface area contributed by atoms with Gasteiger partial charge in [-0.1, -0.05) is 48.5 Å². The van der Waals surface area contributed by atoms with Crippen molar-refractivity contribution in [2.75, 3.05) is 23.8 Å². The summed E-state index contributed by atoms with van der Waals surface area (Å²) in [5.41, 5.74) is 4.10. The summed E-state index contributed by atoms with van der Waals surface area (Å²) in [7, 11) is 0. The van der Waals surface area contributed by atoms with E-state index in [1.165, 1.54) is 5.56 Å². The van der Waals surface area contributed by atoms with Crippen LogP contribution in [0.2, 0.25) is 0 Å². The highest BCUT2D eigenvalue weighted by Gasteiger charge is 2.03. The van der Waals surface area contributed by atoms with Gasteiger partial charge in [0.2, 0.25) is 5.91 Å². The largest absolute Gasteiger partial charge is 0.494 e. The van der Waals surface area contributed by atoms with E-state index in [0.29, 0.717) is 6.61 Å². The molecule has 0 aromatic heterocycles. The van der Waals surface area contributed by atoms with Crippen molar-refractivity contribution in [3.8, 4) is 5.75 Å². The van der Waals surface area contributed by atoms with E-state index in [-0.39, 0.29) is 12.5 Å². The summed E-state index contributed by atoms with van der Waals surface area (Å²) in [6, 6.07) is 25.9. The van der Waals surface area contributed by atoms with Crippen LogP contribution in [-0.4, -0.2) is 19.1 Å². The molecule has 0 saturated heterocycles. The number of anilines is 2. The summed E-state index contributed by atoms with van der Waals surface area (Å²) < 4.78 is 5.84. The van der Waals surface area contributed by atoms with Crippen molar-refractivity contribution in [1.82, 2.24) is 0 Å². The van der Waals surface area contributed by atoms with Crippen LogP contribution in [0.15, 0.2) is 78.9 Å². The molecule has 2 N–H and O–H groups in total. The van der Waals surface area contributed by atoms with Crippen LogP contribution in [0.25, 0.3) is 0 Å². The first kappa shape index (κ1) is 19.5. The molecule has 0 bridgehead atoms. The number of nitrogens with one attached hydrogen (secondary N) is 2. The Morgan fingerprint density at radius 3 is 2.50 bits per heavy atom. The molecule has 0 atom stereocenters. The van der Waals surface area contributed by atoms with Gasteiger partial charge < -0.3 is 15.4 Å². The summed E-state index contributed by atoms with van der Waals surface area (Å²) >= 11 is 0. The predicted molar refractivity (Wildman–Crippen MR) is 115 cm³/mol. The van der Waals surface area contributed by atoms with E-state index in [9.17, 15) is 4.79 Å². The minimum absolute atomic E-state index is 0.0835. The van der Waals surface area contributed by atoms with Crippen LogP contribution < -0.4 is 15.4 Å². The lowest BCUT2D eigenvalue weighted by atomic mass is 10.1. The third-order valence-electron chi connectivity index (χ3n) is 4.31. The van der Waals surface area contributed by atoms with Crippen LogP contribution in [0.5, 0.6) is 5.75 Å². The molecule has 4 nitrogen and oxygen atoms in total. The topological polar surface area (TPSA) is 50.4 Å². The highest BCUT2D eigenvalue weighted by atomic mass is 16.5. The molecule has 4 heteroatoms. The molecule has 3 rings (SSSR count). The van der Waals surface area contributed by atoms with Gasteiger partial charge in [0.1, 0.15) is 5.75 Å². The summed E-state index contributed by atoms with van der Waals surface area (Å²) in [4.78, 5) is 12.1. The quantitative estimate of drug-likeness (QED) is 0.515. The van der Waals surface area contributed by atoms with Gasteiger partial charge in [0.05, 0.1) is 13.2 Å². The Hall–Kier alpha value is -3.27. The fourth-order valence-corrected chi connectivity index (χ4v) is 2.92. The maximum absolute atomic E-state index is 12.1. The molecular formula is C24H26N2O2. The van der Waals surface area contributed by atoms with Crippen molar-refractivity contribution >= 4 is 17.3 Å². The molecule has 0 heterocycles. The zero-order valence-electron chi connectivity index (χ0n) is 16.2. The van der Waals surface area contributed by atoms with Gasteiger partial charge in [0.25, 0.3) is 0 Å². The number of rotatable bonds is 9. The number of hydrogen-bond donors (Lipinski definition) is 2. The van der Waals surface area contributed by atoms with Crippen molar-refractivity contribution in [2.45, 2.75) is 19.8 Å². The molecule has 1 amide bonds. The average Bonchev–Trinajstić information content (AvgIpc) is 2.71. The second-order valence-electron chi connectivity index (χ2n) is 6.74. The van der Waals surface area contributed by atoms with Gasteiger partial charge in [-0.3, -0.25) is 4.79 Å². The van der Waals surface area contributed by atoms with Crippen molar-refractivity contribution in [3.63, 3.8) is 0 Å². The van der Waals surface area contributed by atoms with Crippen molar-refractivity contribution in [2.24, 2.45) is 0 Å². The molecule has 0 spiro atoms. The first-order valence-electron chi connectivity index (χ1n) is 9.56. The van der Waals surface area contributed by atoms with Crippen molar-refractivity contribution < 1.29 is 9.53 Å². The Kier molecular flexibility index (Phi) is 7.08. The van der Waals surface area contributed by atoms with E-state index in [0.717, 1.165) is 35.5 Å². The fourth-order valence-electron chi connectivity index (χ4n) is 2.92. The third-order valence-corrected chi connectivity index (χ3v) is 4.31. The number of hydrogen-bond acceptors (Lipinski definition) is 3. The van der Waals surface area contributed by atoms with Gasteiger partial charge in [-0.2, -0.15) is 0 Å². The fraction of sp³-hybridized carbons (Fsp3) is 0.208. The van der Waals surface area contributed by atoms with E-state index >= 15 is 0 Å². The molecule has 0 unspecified atom stereocenters. The lowest BCUT2D eigenvalue weighted by Gasteiger charge is -2.11. The summed E-state index contributed by atoms with van der Waals surface area (Å²) in [6.07, 6.45) is 1.96. The van der Waals surface area contributed by atoms with E-state index < -0.39 is 0 Å². The second-order valence-corrected chi connectivity index (χ2v) is 6.74. The average molecular weight is 374 g/mol. The Morgan fingerprint density at radius 2 is 1.68 bits per heavy atom. The number of benzene rings is 3. The number of amides is 1. The van der Waals surface area contributed by atoms with Gasteiger partial charge in [0, 0.05) is 17.4 Å². The van der Waals surface area contributed by atoms with Gasteiger partial charge in [-0.15, -0.1) is 0 Å². The molecule has 28 heavy (non-hydrogen) atoms. The van der Waals surface area contributed by atoms with E-state index in [2.05, 4.69) is 34.9 Å². The normalized spacial score (nSPS) is 10.3. The minimum Gasteiger partial charge on any atom is -0.494 e. The molecule has 0 aliphatic carbocycles. The highest BCUT2D eigenvalue weighted by Crippen LogP contribution is 2.18. The van der Waals surface area contributed by atoms with Crippen LogP contribution in [0.3, 0.4) is 0 Å². The van der Waals surface area contributed by atoms with Gasteiger partial charge >= 0.3 is 0 Å². The first-order valence-corrected chi connectivity index (χ1v) is 9.56. The smallest absolute Gasteiger partial charge is 0.243 e. The maximum Gasteiger partial charge on any atom is 0.243 e. The van der Waals surface area contributed by atoms with E-state index in [1.807, 2.05) is 61.5 Å². The summed E-state index contributed by atoms with van der Waals surface area (Å²) in [6.45, 7) is 2.86. The Labute approximate surface area is 166 Å². The lowest BCUT2D eigenvalue weighted by Crippen LogP contribution is -2.21. The minimum atomic E-state index is -0.0835. The Bertz CT molecular complexity index is 894. The molecule has 0 aliphatic rings. The molecule has 0 fully saturated rings. The lowest BCUT2D eigenvalue weighted by molar-refractivity contribution is -0.114. The molecule has 144 valence electrons. The summed E-state index contributed by atoms with van der Waals surface area (Å²) in [5.74, 6) is 0.719. The molecule has 0 saturated carbocycles. The molecule has 0 radical (unpaired) electrons. The number of ether oxygens (including phenoxy) is 1. The Morgan fingerprint density at radius 1 is 0.893 bits per heavy atom. The van der Waals surface area contributed by atoms with Crippen molar-refractivity contribution in [1.29, 1.82) is 0 Å². The number of carbonyl (C=O) groups excluding carboxylic acids is 1. The van der Waals surface area contributed by atoms with Crippen LogP contribution in [0.4, 0.5) is 11.4 Å². The van der Waals surface area contributed by atoms with Crippen LogP contribution >= 0.6 is 0 Å². The second kappa shape index (κ2) is 10.2. The Balaban J connectivity index is 1.42. The van der Waals surface area contributed by atoms with Gasteiger partial charge in [-0.25, -0.2) is 0 Å². The zero-order chi connectivity index (χ0) is 19.6. The maximum atomic E-state index is 12.1. The van der Waals surface area contributed by atoms with Crippen LogP contribution in [-0.2, 0) is 11.2 Å².